The van der Waals surface area contributed by atoms with E-state index in [0.29, 0.717) is 11.4 Å². The molecule has 0 fully saturated rings. The van der Waals surface area contributed by atoms with Gasteiger partial charge in [0.1, 0.15) is 5.82 Å². The predicted molar refractivity (Wildman–Crippen MR) is 110 cm³/mol. The average Bonchev–Trinajstić information content (AvgIpc) is 2.62. The SMILES string of the molecule is Cc1cc(C)cc(NC(=O)CSc2nccn(-c3ccc(F)c(Cl)c3)c2=O)c1. The van der Waals surface area contributed by atoms with Gasteiger partial charge in [0.25, 0.3) is 5.56 Å². The number of aromatic nitrogens is 2. The van der Waals surface area contributed by atoms with Gasteiger partial charge in [0.15, 0.2) is 5.03 Å². The third kappa shape index (κ3) is 4.79. The van der Waals surface area contributed by atoms with Gasteiger partial charge in [-0.25, -0.2) is 9.37 Å². The van der Waals surface area contributed by atoms with Crippen molar-refractivity contribution in [2.24, 2.45) is 0 Å². The van der Waals surface area contributed by atoms with E-state index in [1.54, 1.807) is 0 Å². The van der Waals surface area contributed by atoms with Crippen LogP contribution in [0.15, 0.2) is 58.6 Å². The lowest BCUT2D eigenvalue weighted by molar-refractivity contribution is -0.113. The van der Waals surface area contributed by atoms with E-state index in [4.69, 9.17) is 11.6 Å². The Morgan fingerprint density at radius 3 is 2.61 bits per heavy atom. The van der Waals surface area contributed by atoms with E-state index < -0.39 is 11.4 Å². The normalized spacial score (nSPS) is 10.7. The van der Waals surface area contributed by atoms with Gasteiger partial charge in [-0.3, -0.25) is 14.2 Å². The number of carbonyl (C=O) groups is 1. The summed E-state index contributed by atoms with van der Waals surface area (Å²) in [6, 6.07) is 9.77. The average molecular weight is 418 g/mol. The van der Waals surface area contributed by atoms with Crippen LogP contribution in [0.3, 0.4) is 0 Å². The topological polar surface area (TPSA) is 64.0 Å². The maximum atomic E-state index is 13.4. The van der Waals surface area contributed by atoms with Crippen LogP contribution in [0.2, 0.25) is 5.02 Å². The summed E-state index contributed by atoms with van der Waals surface area (Å²) in [6.07, 6.45) is 2.91. The van der Waals surface area contributed by atoms with Crippen LogP contribution in [0.25, 0.3) is 5.69 Å². The van der Waals surface area contributed by atoms with E-state index in [0.717, 1.165) is 22.9 Å². The van der Waals surface area contributed by atoms with Crippen LogP contribution in [-0.2, 0) is 4.79 Å². The number of anilines is 1. The van der Waals surface area contributed by atoms with Crippen molar-refractivity contribution >= 4 is 35.0 Å². The highest BCUT2D eigenvalue weighted by atomic mass is 35.5. The van der Waals surface area contributed by atoms with Crippen molar-refractivity contribution in [2.45, 2.75) is 18.9 Å². The minimum atomic E-state index is -0.565. The molecule has 3 aromatic rings. The summed E-state index contributed by atoms with van der Waals surface area (Å²) in [4.78, 5) is 28.9. The molecule has 1 amide bonds. The minimum absolute atomic E-state index is 0.0312. The number of rotatable bonds is 5. The number of halogens is 2. The fourth-order valence-electron chi connectivity index (χ4n) is 2.71. The minimum Gasteiger partial charge on any atom is -0.325 e. The number of thioether (sulfide) groups is 1. The lowest BCUT2D eigenvalue weighted by atomic mass is 10.1. The van der Waals surface area contributed by atoms with E-state index in [1.165, 1.54) is 35.2 Å². The number of carbonyl (C=O) groups excluding carboxylic acids is 1. The third-order valence-electron chi connectivity index (χ3n) is 3.84. The van der Waals surface area contributed by atoms with Crippen molar-refractivity contribution in [1.29, 1.82) is 0 Å². The van der Waals surface area contributed by atoms with Gasteiger partial charge >= 0.3 is 0 Å². The lowest BCUT2D eigenvalue weighted by Gasteiger charge is -2.09. The van der Waals surface area contributed by atoms with Gasteiger partial charge in [0.2, 0.25) is 5.91 Å². The Balaban J connectivity index is 1.73. The summed E-state index contributed by atoms with van der Waals surface area (Å²) in [5.74, 6) is -0.773. The molecule has 144 valence electrons. The van der Waals surface area contributed by atoms with Crippen molar-refractivity contribution in [2.75, 3.05) is 11.1 Å². The molecule has 5 nitrogen and oxygen atoms in total. The van der Waals surface area contributed by atoms with Crippen molar-refractivity contribution < 1.29 is 9.18 Å². The van der Waals surface area contributed by atoms with Crippen LogP contribution >= 0.6 is 23.4 Å². The summed E-state index contributed by atoms with van der Waals surface area (Å²) in [6.45, 7) is 3.91. The molecule has 2 aromatic carbocycles. The molecule has 0 aliphatic heterocycles. The van der Waals surface area contributed by atoms with Crippen LogP contribution in [-0.4, -0.2) is 21.2 Å². The van der Waals surface area contributed by atoms with E-state index in [2.05, 4.69) is 10.3 Å². The molecule has 3 rings (SSSR count). The third-order valence-corrected chi connectivity index (χ3v) is 5.09. The van der Waals surface area contributed by atoms with Crippen LogP contribution in [0.4, 0.5) is 10.1 Å². The molecule has 0 unspecified atom stereocenters. The first-order valence-corrected chi connectivity index (χ1v) is 9.74. The van der Waals surface area contributed by atoms with E-state index >= 15 is 0 Å². The Bertz CT molecular complexity index is 1080. The van der Waals surface area contributed by atoms with Gasteiger partial charge in [-0.15, -0.1) is 0 Å². The lowest BCUT2D eigenvalue weighted by Crippen LogP contribution is -2.22. The smallest absolute Gasteiger partial charge is 0.287 e. The number of benzene rings is 2. The zero-order valence-electron chi connectivity index (χ0n) is 15.2. The number of hydrogen-bond acceptors (Lipinski definition) is 4. The first kappa shape index (κ1) is 20.1. The molecule has 0 atom stereocenters. The predicted octanol–water partition coefficient (Wildman–Crippen LogP) is 4.37. The quantitative estimate of drug-likeness (QED) is 0.626. The second-order valence-electron chi connectivity index (χ2n) is 6.22. The van der Waals surface area contributed by atoms with Gasteiger partial charge in [0.05, 0.1) is 16.5 Å². The summed E-state index contributed by atoms with van der Waals surface area (Å²) in [5.41, 5.74) is 2.82. The summed E-state index contributed by atoms with van der Waals surface area (Å²) >= 11 is 6.83. The van der Waals surface area contributed by atoms with Gasteiger partial charge in [-0.1, -0.05) is 29.4 Å². The summed E-state index contributed by atoms with van der Waals surface area (Å²) in [7, 11) is 0. The highest BCUT2D eigenvalue weighted by Crippen LogP contribution is 2.19. The Hall–Kier alpha value is -2.64. The molecule has 1 N–H and O–H groups in total. The van der Waals surface area contributed by atoms with E-state index in [9.17, 15) is 14.0 Å². The molecular weight excluding hydrogens is 401 g/mol. The summed E-state index contributed by atoms with van der Waals surface area (Å²) < 4.78 is 14.7. The number of nitrogens with zero attached hydrogens (tertiary/aromatic N) is 2. The highest BCUT2D eigenvalue weighted by molar-refractivity contribution is 7.99. The van der Waals surface area contributed by atoms with Crippen molar-refractivity contribution in [3.05, 3.63) is 81.1 Å². The monoisotopic (exact) mass is 417 g/mol. The number of amides is 1. The Labute approximate surface area is 170 Å². The molecule has 8 heteroatoms. The second kappa shape index (κ2) is 8.58. The van der Waals surface area contributed by atoms with Gasteiger partial charge < -0.3 is 5.32 Å². The first-order valence-electron chi connectivity index (χ1n) is 8.37. The zero-order valence-corrected chi connectivity index (χ0v) is 16.8. The van der Waals surface area contributed by atoms with Crippen LogP contribution in [0.5, 0.6) is 0 Å². The fourth-order valence-corrected chi connectivity index (χ4v) is 3.58. The summed E-state index contributed by atoms with van der Waals surface area (Å²) in [5, 5.41) is 2.90. The Morgan fingerprint density at radius 2 is 1.93 bits per heavy atom. The number of nitrogens with one attached hydrogen (secondary N) is 1. The molecule has 0 spiro atoms. The number of aryl methyl sites for hydroxylation is 2. The van der Waals surface area contributed by atoms with Crippen LogP contribution in [0.1, 0.15) is 11.1 Å². The molecule has 1 heterocycles. The molecule has 0 saturated heterocycles. The van der Waals surface area contributed by atoms with Crippen LogP contribution in [0, 0.1) is 19.7 Å². The van der Waals surface area contributed by atoms with Gasteiger partial charge in [-0.2, -0.15) is 0 Å². The second-order valence-corrected chi connectivity index (χ2v) is 7.59. The van der Waals surface area contributed by atoms with Crippen molar-refractivity contribution in [3.8, 4) is 5.69 Å². The first-order chi connectivity index (χ1) is 13.3. The zero-order chi connectivity index (χ0) is 20.3. The standard InChI is InChI=1S/C20H17ClFN3O2S/c1-12-7-13(2)9-14(8-12)24-18(26)11-28-19-20(27)25(6-5-23-19)15-3-4-17(22)16(21)10-15/h3-10H,11H2,1-2H3,(H,24,26). The van der Waals surface area contributed by atoms with Crippen molar-refractivity contribution in [1.82, 2.24) is 9.55 Å². The molecule has 28 heavy (non-hydrogen) atoms. The molecule has 0 radical (unpaired) electrons. The maximum absolute atomic E-state index is 13.4. The van der Waals surface area contributed by atoms with E-state index in [-0.39, 0.29) is 21.7 Å². The number of hydrogen-bond donors (Lipinski definition) is 1. The van der Waals surface area contributed by atoms with Crippen molar-refractivity contribution in [3.63, 3.8) is 0 Å². The largest absolute Gasteiger partial charge is 0.325 e. The Morgan fingerprint density at radius 1 is 1.21 bits per heavy atom. The molecule has 0 aliphatic rings. The molecule has 0 bridgehead atoms. The Kier molecular flexibility index (Phi) is 6.16. The maximum Gasteiger partial charge on any atom is 0.287 e. The van der Waals surface area contributed by atoms with Gasteiger partial charge in [-0.05, 0) is 55.3 Å². The van der Waals surface area contributed by atoms with Crippen LogP contribution < -0.4 is 10.9 Å². The molecular formula is C20H17ClFN3O2S. The van der Waals surface area contributed by atoms with E-state index in [1.807, 2.05) is 32.0 Å². The van der Waals surface area contributed by atoms with Gasteiger partial charge in [0, 0.05) is 18.1 Å². The molecule has 0 aliphatic carbocycles. The molecule has 1 aromatic heterocycles. The fraction of sp³-hybridized carbons (Fsp3) is 0.150. The molecule has 0 saturated carbocycles. The highest BCUT2D eigenvalue weighted by Gasteiger charge is 2.11.